The Kier molecular flexibility index (Phi) is 3.82. The van der Waals surface area contributed by atoms with Crippen LogP contribution in [-0.4, -0.2) is 44.4 Å². The second kappa shape index (κ2) is 5.38. The van der Waals surface area contributed by atoms with Crippen molar-refractivity contribution >= 4 is 16.9 Å². The van der Waals surface area contributed by atoms with Gasteiger partial charge in [0, 0.05) is 12.6 Å². The Bertz CT molecular complexity index is 592. The van der Waals surface area contributed by atoms with Crippen molar-refractivity contribution in [2.24, 2.45) is 7.05 Å². The van der Waals surface area contributed by atoms with E-state index >= 15 is 0 Å². The lowest BCUT2D eigenvalue weighted by molar-refractivity contribution is 0.0758. The highest BCUT2D eigenvalue weighted by atomic mass is 16.3. The summed E-state index contributed by atoms with van der Waals surface area (Å²) in [7, 11) is 1.88. The molecule has 1 amide bonds. The van der Waals surface area contributed by atoms with Crippen molar-refractivity contribution < 1.29 is 15.0 Å². The lowest BCUT2D eigenvalue weighted by atomic mass is 10.1. The number of fused-ring (bicyclic) bond motifs is 1. The highest BCUT2D eigenvalue weighted by molar-refractivity contribution is 5.97. The molecule has 0 saturated heterocycles. The molecule has 0 aliphatic heterocycles. The fourth-order valence-electron chi connectivity index (χ4n) is 1.85. The van der Waals surface area contributed by atoms with E-state index in [1.165, 1.54) is 6.92 Å². The molecule has 6 heteroatoms. The van der Waals surface area contributed by atoms with Gasteiger partial charge >= 0.3 is 0 Å². The van der Waals surface area contributed by atoms with Crippen LogP contribution >= 0.6 is 0 Å². The van der Waals surface area contributed by atoms with E-state index in [4.69, 9.17) is 5.11 Å². The molecule has 0 aliphatic rings. The molecule has 19 heavy (non-hydrogen) atoms. The largest absolute Gasteiger partial charge is 0.394 e. The molecule has 2 atom stereocenters. The maximum Gasteiger partial charge on any atom is 0.251 e. The van der Waals surface area contributed by atoms with Crippen LogP contribution in [0.3, 0.4) is 0 Å². The number of hydrogen-bond acceptors (Lipinski definition) is 4. The minimum Gasteiger partial charge on any atom is -0.394 e. The fourth-order valence-corrected chi connectivity index (χ4v) is 1.85. The molecule has 2 rings (SSSR count). The smallest absolute Gasteiger partial charge is 0.251 e. The average Bonchev–Trinajstić information content (AvgIpc) is 2.76. The molecule has 0 unspecified atom stereocenters. The Morgan fingerprint density at radius 1 is 1.53 bits per heavy atom. The summed E-state index contributed by atoms with van der Waals surface area (Å²) >= 11 is 0. The Labute approximate surface area is 110 Å². The minimum atomic E-state index is -0.812. The number of benzene rings is 1. The SMILES string of the molecule is C[C@@H](O)[C@@H](CO)NC(=O)c1ccc2c(c1)ncn2C. The van der Waals surface area contributed by atoms with Crippen molar-refractivity contribution in [3.8, 4) is 0 Å². The third-order valence-electron chi connectivity index (χ3n) is 3.08. The van der Waals surface area contributed by atoms with Crippen LogP contribution in [0.2, 0.25) is 0 Å². The Balaban J connectivity index is 2.21. The summed E-state index contributed by atoms with van der Waals surface area (Å²) in [5.74, 6) is -0.340. The predicted molar refractivity (Wildman–Crippen MR) is 70.7 cm³/mol. The zero-order valence-electron chi connectivity index (χ0n) is 10.9. The van der Waals surface area contributed by atoms with Crippen molar-refractivity contribution in [3.63, 3.8) is 0 Å². The van der Waals surface area contributed by atoms with Crippen molar-refractivity contribution in [2.45, 2.75) is 19.1 Å². The van der Waals surface area contributed by atoms with E-state index in [9.17, 15) is 9.90 Å². The number of imidazole rings is 1. The third kappa shape index (κ3) is 2.74. The van der Waals surface area contributed by atoms with Crippen molar-refractivity contribution in [3.05, 3.63) is 30.1 Å². The zero-order valence-corrected chi connectivity index (χ0v) is 10.9. The number of carbonyl (C=O) groups is 1. The molecule has 3 N–H and O–H groups in total. The topological polar surface area (TPSA) is 87.4 Å². The number of aliphatic hydroxyl groups is 2. The van der Waals surface area contributed by atoms with Gasteiger partial charge in [-0.05, 0) is 25.1 Å². The molecule has 0 radical (unpaired) electrons. The van der Waals surface area contributed by atoms with Crippen LogP contribution in [0.1, 0.15) is 17.3 Å². The summed E-state index contributed by atoms with van der Waals surface area (Å²) in [6.07, 6.45) is 0.867. The van der Waals surface area contributed by atoms with Gasteiger partial charge in [0.25, 0.3) is 5.91 Å². The lowest BCUT2D eigenvalue weighted by Crippen LogP contribution is -2.44. The van der Waals surface area contributed by atoms with Gasteiger partial charge in [-0.1, -0.05) is 0 Å². The third-order valence-corrected chi connectivity index (χ3v) is 3.08. The van der Waals surface area contributed by atoms with Crippen LogP contribution in [0.5, 0.6) is 0 Å². The van der Waals surface area contributed by atoms with Gasteiger partial charge < -0.3 is 20.1 Å². The van der Waals surface area contributed by atoms with Gasteiger partial charge in [0.05, 0.1) is 36.1 Å². The van der Waals surface area contributed by atoms with Crippen LogP contribution in [0.4, 0.5) is 0 Å². The number of aliphatic hydroxyl groups excluding tert-OH is 2. The van der Waals surface area contributed by atoms with Gasteiger partial charge in [0.2, 0.25) is 0 Å². The lowest BCUT2D eigenvalue weighted by Gasteiger charge is -2.18. The number of amides is 1. The molecular formula is C13H17N3O3. The number of hydrogen-bond donors (Lipinski definition) is 3. The quantitative estimate of drug-likeness (QED) is 0.727. The van der Waals surface area contributed by atoms with E-state index in [2.05, 4.69) is 10.3 Å². The van der Waals surface area contributed by atoms with Crippen molar-refractivity contribution in [1.29, 1.82) is 0 Å². The molecule has 2 aromatic rings. The number of aryl methyl sites for hydroxylation is 1. The predicted octanol–water partition coefficient (Wildman–Crippen LogP) is 0.0448. The summed E-state index contributed by atoms with van der Waals surface area (Å²) in [6, 6.07) is 4.51. The van der Waals surface area contributed by atoms with Gasteiger partial charge in [-0.15, -0.1) is 0 Å². The van der Waals surface area contributed by atoms with E-state index in [1.54, 1.807) is 18.5 Å². The molecule has 1 aromatic heterocycles. The maximum absolute atomic E-state index is 12.0. The summed E-state index contributed by atoms with van der Waals surface area (Å²) in [5.41, 5.74) is 2.11. The maximum atomic E-state index is 12.0. The van der Waals surface area contributed by atoms with Gasteiger partial charge in [0.1, 0.15) is 0 Å². The van der Waals surface area contributed by atoms with Gasteiger partial charge in [-0.25, -0.2) is 4.98 Å². The molecular weight excluding hydrogens is 246 g/mol. The van der Waals surface area contributed by atoms with E-state index in [-0.39, 0.29) is 12.5 Å². The molecule has 0 saturated carbocycles. The second-order valence-electron chi connectivity index (χ2n) is 4.56. The molecule has 0 spiro atoms. The fraction of sp³-hybridized carbons (Fsp3) is 0.385. The van der Waals surface area contributed by atoms with Gasteiger partial charge in [-0.3, -0.25) is 4.79 Å². The van der Waals surface area contributed by atoms with Crippen LogP contribution in [-0.2, 0) is 7.05 Å². The highest BCUT2D eigenvalue weighted by Crippen LogP contribution is 2.14. The standard InChI is InChI=1S/C13H17N3O3/c1-8(18)11(6-17)15-13(19)9-3-4-12-10(5-9)14-7-16(12)2/h3-5,7-8,11,17-18H,6H2,1-2H3,(H,15,19)/t8-,11-/m1/s1. The van der Waals surface area contributed by atoms with Crippen molar-refractivity contribution in [2.75, 3.05) is 6.61 Å². The van der Waals surface area contributed by atoms with Gasteiger partial charge in [0.15, 0.2) is 0 Å². The number of nitrogens with one attached hydrogen (secondary N) is 1. The molecule has 0 fully saturated rings. The Hall–Kier alpha value is -1.92. The molecule has 1 aromatic carbocycles. The van der Waals surface area contributed by atoms with Crippen LogP contribution in [0.25, 0.3) is 11.0 Å². The Morgan fingerprint density at radius 2 is 2.26 bits per heavy atom. The molecule has 1 heterocycles. The van der Waals surface area contributed by atoms with E-state index in [1.807, 2.05) is 17.7 Å². The summed E-state index contributed by atoms with van der Waals surface area (Å²) < 4.78 is 1.86. The van der Waals surface area contributed by atoms with Gasteiger partial charge in [-0.2, -0.15) is 0 Å². The summed E-state index contributed by atoms with van der Waals surface area (Å²) in [6.45, 7) is 1.21. The highest BCUT2D eigenvalue weighted by Gasteiger charge is 2.17. The number of rotatable bonds is 4. The van der Waals surface area contributed by atoms with Crippen LogP contribution in [0.15, 0.2) is 24.5 Å². The molecule has 0 aliphatic carbocycles. The van der Waals surface area contributed by atoms with Crippen molar-refractivity contribution in [1.82, 2.24) is 14.9 Å². The molecule has 0 bridgehead atoms. The number of carbonyl (C=O) groups excluding carboxylic acids is 1. The summed E-state index contributed by atoms with van der Waals surface area (Å²) in [5, 5.41) is 21.0. The Morgan fingerprint density at radius 3 is 2.89 bits per heavy atom. The summed E-state index contributed by atoms with van der Waals surface area (Å²) in [4.78, 5) is 16.2. The first-order chi connectivity index (χ1) is 9.02. The second-order valence-corrected chi connectivity index (χ2v) is 4.56. The zero-order chi connectivity index (χ0) is 14.0. The monoisotopic (exact) mass is 263 g/mol. The van der Waals surface area contributed by atoms with Crippen LogP contribution < -0.4 is 5.32 Å². The van der Waals surface area contributed by atoms with E-state index in [0.29, 0.717) is 5.56 Å². The van der Waals surface area contributed by atoms with E-state index < -0.39 is 12.1 Å². The first kappa shape index (κ1) is 13.5. The number of aromatic nitrogens is 2. The molecule has 6 nitrogen and oxygen atoms in total. The normalized spacial score (nSPS) is 14.3. The van der Waals surface area contributed by atoms with E-state index in [0.717, 1.165) is 11.0 Å². The van der Waals surface area contributed by atoms with Crippen LogP contribution in [0, 0.1) is 0 Å². The first-order valence-corrected chi connectivity index (χ1v) is 6.04. The minimum absolute atomic E-state index is 0.310. The number of nitrogens with zero attached hydrogens (tertiary/aromatic N) is 2. The first-order valence-electron chi connectivity index (χ1n) is 6.04. The molecule has 102 valence electrons. The average molecular weight is 263 g/mol.